The topological polar surface area (TPSA) is 26.0 Å². The third-order valence-electron chi connectivity index (χ3n) is 2.33. The average molecular weight is 203 g/mol. The molecule has 0 amide bonds. The Morgan fingerprint density at radius 1 is 1.15 bits per heavy atom. The van der Waals surface area contributed by atoms with E-state index < -0.39 is 0 Å². The van der Waals surface area contributed by atoms with Gasteiger partial charge in [0.05, 0.1) is 0 Å². The number of hydrogen-bond acceptors (Lipinski definition) is 2. The first kappa shape index (κ1) is 13.3. The van der Waals surface area contributed by atoms with Crippen molar-refractivity contribution >= 4 is 11.8 Å². The van der Waals surface area contributed by atoms with Crippen molar-refractivity contribution in [1.82, 2.24) is 0 Å². The first-order valence-electron chi connectivity index (χ1n) is 5.03. The number of rotatable bonds is 4. The van der Waals surface area contributed by atoms with E-state index in [0.717, 1.165) is 6.42 Å². The quantitative estimate of drug-likeness (QED) is 0.759. The highest BCUT2D eigenvalue weighted by atomic mass is 32.2. The van der Waals surface area contributed by atoms with E-state index in [2.05, 4.69) is 41.5 Å². The minimum Gasteiger partial charge on any atom is -0.326 e. The molecule has 0 spiro atoms. The Labute approximate surface area is 87.9 Å². The Kier molecular flexibility index (Phi) is 4.81. The summed E-state index contributed by atoms with van der Waals surface area (Å²) in [5.41, 5.74) is 6.31. The predicted molar refractivity (Wildman–Crippen MR) is 64.3 cm³/mol. The van der Waals surface area contributed by atoms with Gasteiger partial charge in [-0.3, -0.25) is 0 Å². The molecule has 0 saturated heterocycles. The lowest BCUT2D eigenvalue weighted by Crippen LogP contribution is -2.33. The maximum absolute atomic E-state index is 5.92. The van der Waals surface area contributed by atoms with Crippen LogP contribution in [0.15, 0.2) is 0 Å². The molecule has 0 radical (unpaired) electrons. The van der Waals surface area contributed by atoms with E-state index in [0.29, 0.717) is 10.7 Å². The summed E-state index contributed by atoms with van der Waals surface area (Å²) < 4.78 is 0. The molecule has 13 heavy (non-hydrogen) atoms. The van der Waals surface area contributed by atoms with Crippen molar-refractivity contribution in [1.29, 1.82) is 0 Å². The molecular weight excluding hydrogens is 178 g/mol. The third-order valence-corrected chi connectivity index (χ3v) is 3.98. The summed E-state index contributed by atoms with van der Waals surface area (Å²) in [7, 11) is 0. The Morgan fingerprint density at radius 3 is 1.92 bits per heavy atom. The first-order chi connectivity index (χ1) is 5.63. The highest BCUT2D eigenvalue weighted by Crippen LogP contribution is 2.30. The summed E-state index contributed by atoms with van der Waals surface area (Å²) in [6, 6.07) is 0. The first-order valence-corrected chi connectivity index (χ1v) is 6.08. The van der Waals surface area contributed by atoms with Crippen LogP contribution in [-0.2, 0) is 0 Å². The van der Waals surface area contributed by atoms with Crippen molar-refractivity contribution in [2.45, 2.75) is 58.8 Å². The van der Waals surface area contributed by atoms with E-state index in [1.165, 1.54) is 5.75 Å². The van der Waals surface area contributed by atoms with Gasteiger partial charge >= 0.3 is 0 Å². The predicted octanol–water partition coefficient (Wildman–Crippen LogP) is 3.28. The van der Waals surface area contributed by atoms with E-state index in [-0.39, 0.29) is 5.54 Å². The van der Waals surface area contributed by atoms with Crippen LogP contribution in [0.2, 0.25) is 0 Å². The summed E-state index contributed by atoms with van der Waals surface area (Å²) in [6.45, 7) is 13.4. The molecule has 0 aromatic heterocycles. The molecule has 0 aliphatic rings. The molecule has 1 atom stereocenters. The summed E-state index contributed by atoms with van der Waals surface area (Å²) in [6.07, 6.45) is 1.10. The molecule has 0 rings (SSSR count). The summed E-state index contributed by atoms with van der Waals surface area (Å²) in [4.78, 5) is 0. The molecule has 0 aliphatic heterocycles. The molecule has 1 unspecified atom stereocenters. The molecule has 0 bridgehead atoms. The lowest BCUT2D eigenvalue weighted by molar-refractivity contribution is 0.410. The van der Waals surface area contributed by atoms with Crippen molar-refractivity contribution in [2.75, 3.05) is 5.75 Å². The van der Waals surface area contributed by atoms with Crippen LogP contribution in [0.1, 0.15) is 48.0 Å². The van der Waals surface area contributed by atoms with Crippen LogP contribution < -0.4 is 5.73 Å². The van der Waals surface area contributed by atoms with Gasteiger partial charge < -0.3 is 5.73 Å². The van der Waals surface area contributed by atoms with Gasteiger partial charge in [-0.15, -0.1) is 0 Å². The van der Waals surface area contributed by atoms with Gasteiger partial charge in [0.25, 0.3) is 0 Å². The SMILES string of the molecule is CC(SCCC(C)(C)N)C(C)(C)C. The molecule has 80 valence electrons. The van der Waals surface area contributed by atoms with Gasteiger partial charge in [-0.1, -0.05) is 27.7 Å². The third kappa shape index (κ3) is 7.39. The highest BCUT2D eigenvalue weighted by molar-refractivity contribution is 7.99. The zero-order valence-electron chi connectivity index (χ0n) is 9.98. The molecule has 2 heteroatoms. The van der Waals surface area contributed by atoms with Crippen LogP contribution in [0, 0.1) is 5.41 Å². The molecule has 0 saturated carbocycles. The minimum atomic E-state index is -0.00932. The zero-order chi connectivity index (χ0) is 10.7. The van der Waals surface area contributed by atoms with Gasteiger partial charge in [0.15, 0.2) is 0 Å². The molecular formula is C11H25NS. The lowest BCUT2D eigenvalue weighted by Gasteiger charge is -2.28. The average Bonchev–Trinajstić information content (AvgIpc) is 1.82. The second kappa shape index (κ2) is 4.70. The van der Waals surface area contributed by atoms with Gasteiger partial charge in [-0.05, 0) is 31.4 Å². The Morgan fingerprint density at radius 2 is 1.62 bits per heavy atom. The van der Waals surface area contributed by atoms with Gasteiger partial charge in [-0.2, -0.15) is 11.8 Å². The molecule has 0 aromatic rings. The van der Waals surface area contributed by atoms with Gasteiger partial charge in [-0.25, -0.2) is 0 Å². The van der Waals surface area contributed by atoms with Crippen molar-refractivity contribution in [3.05, 3.63) is 0 Å². The van der Waals surface area contributed by atoms with Gasteiger partial charge in [0.2, 0.25) is 0 Å². The summed E-state index contributed by atoms with van der Waals surface area (Å²) in [5.74, 6) is 1.17. The second-order valence-electron chi connectivity index (χ2n) is 5.62. The zero-order valence-corrected chi connectivity index (χ0v) is 10.8. The Bertz CT molecular complexity index is 141. The minimum absolute atomic E-state index is 0.00932. The maximum Gasteiger partial charge on any atom is 0.0105 e. The van der Waals surface area contributed by atoms with E-state index in [1.807, 2.05) is 11.8 Å². The monoisotopic (exact) mass is 203 g/mol. The van der Waals surface area contributed by atoms with Gasteiger partial charge in [0.1, 0.15) is 0 Å². The van der Waals surface area contributed by atoms with Crippen molar-refractivity contribution in [3.63, 3.8) is 0 Å². The molecule has 0 aliphatic carbocycles. The van der Waals surface area contributed by atoms with Crippen LogP contribution in [0.3, 0.4) is 0 Å². The summed E-state index contributed by atoms with van der Waals surface area (Å²) in [5, 5.41) is 0.704. The highest BCUT2D eigenvalue weighted by Gasteiger charge is 2.20. The van der Waals surface area contributed by atoms with E-state index in [9.17, 15) is 0 Å². The smallest absolute Gasteiger partial charge is 0.0105 e. The van der Waals surface area contributed by atoms with Crippen molar-refractivity contribution in [2.24, 2.45) is 11.1 Å². The fourth-order valence-corrected chi connectivity index (χ4v) is 2.25. The van der Waals surface area contributed by atoms with E-state index >= 15 is 0 Å². The van der Waals surface area contributed by atoms with Crippen LogP contribution in [0.25, 0.3) is 0 Å². The molecule has 1 nitrogen and oxygen atoms in total. The Hall–Kier alpha value is 0.310. The summed E-state index contributed by atoms with van der Waals surface area (Å²) >= 11 is 2.03. The van der Waals surface area contributed by atoms with Crippen LogP contribution in [-0.4, -0.2) is 16.5 Å². The van der Waals surface area contributed by atoms with Crippen LogP contribution >= 0.6 is 11.8 Å². The number of hydrogen-bond donors (Lipinski definition) is 1. The normalized spacial score (nSPS) is 15.9. The largest absolute Gasteiger partial charge is 0.326 e. The fraction of sp³-hybridized carbons (Fsp3) is 1.00. The van der Waals surface area contributed by atoms with E-state index in [4.69, 9.17) is 5.73 Å². The number of thioether (sulfide) groups is 1. The second-order valence-corrected chi connectivity index (χ2v) is 7.07. The molecule has 2 N–H and O–H groups in total. The van der Waals surface area contributed by atoms with Gasteiger partial charge in [0, 0.05) is 10.8 Å². The van der Waals surface area contributed by atoms with Crippen LogP contribution in [0.5, 0.6) is 0 Å². The number of nitrogens with two attached hydrogens (primary N) is 1. The maximum atomic E-state index is 5.92. The standard InChI is InChI=1S/C11H25NS/c1-9(10(2,3)4)13-8-7-11(5,6)12/h9H,7-8,12H2,1-6H3. The van der Waals surface area contributed by atoms with Crippen molar-refractivity contribution in [3.8, 4) is 0 Å². The van der Waals surface area contributed by atoms with Crippen molar-refractivity contribution < 1.29 is 0 Å². The molecule has 0 fully saturated rings. The van der Waals surface area contributed by atoms with E-state index in [1.54, 1.807) is 0 Å². The lowest BCUT2D eigenvalue weighted by atomic mass is 9.93. The fourth-order valence-electron chi connectivity index (χ4n) is 0.749. The Balaban J connectivity index is 3.67. The molecule has 0 aromatic carbocycles. The molecule has 0 heterocycles. The van der Waals surface area contributed by atoms with Crippen LogP contribution in [0.4, 0.5) is 0 Å².